The van der Waals surface area contributed by atoms with E-state index in [1.165, 1.54) is 6.07 Å². The number of para-hydroxylation sites is 1. The molecule has 0 atom stereocenters. The summed E-state index contributed by atoms with van der Waals surface area (Å²) in [4.78, 5) is 22.8. The zero-order valence-electron chi connectivity index (χ0n) is 11.1. The smallest absolute Gasteiger partial charge is 0.305 e. The molecule has 0 bridgehead atoms. The highest BCUT2D eigenvalue weighted by atomic mass is 32.1. The number of amides is 1. The van der Waals surface area contributed by atoms with Gasteiger partial charge in [0.15, 0.2) is 0 Å². The minimum absolute atomic E-state index is 0.0451. The van der Waals surface area contributed by atoms with Crippen molar-refractivity contribution >= 4 is 33.9 Å². The monoisotopic (exact) mass is 308 g/mol. The number of aromatic nitrogens is 3. The Labute approximate surface area is 123 Å². The van der Waals surface area contributed by atoms with Gasteiger partial charge in [-0.1, -0.05) is 22.6 Å². The summed E-state index contributed by atoms with van der Waals surface area (Å²) < 4.78 is 3.50. The van der Waals surface area contributed by atoms with Gasteiger partial charge in [0.2, 0.25) is 5.13 Å². The van der Waals surface area contributed by atoms with Gasteiger partial charge in [-0.15, -0.1) is 0 Å². The molecule has 2 N–H and O–H groups in total. The van der Waals surface area contributed by atoms with Crippen molar-refractivity contribution in [1.29, 1.82) is 0 Å². The first-order valence-electron chi connectivity index (χ1n) is 6.11. The molecule has 1 aromatic heterocycles. The van der Waals surface area contributed by atoms with Crippen LogP contribution in [0.2, 0.25) is 0 Å². The molecule has 0 saturated carbocycles. The number of hydrogen-bond acceptors (Lipinski definition) is 8. The summed E-state index contributed by atoms with van der Waals surface area (Å²) in [7, 11) is 0. The van der Waals surface area contributed by atoms with Crippen LogP contribution in [0.3, 0.4) is 0 Å². The summed E-state index contributed by atoms with van der Waals surface area (Å²) in [5.74, 6) is -0.625. The lowest BCUT2D eigenvalue weighted by Crippen LogP contribution is -2.15. The molecule has 10 heteroatoms. The number of benzene rings is 1. The molecule has 0 unspecified atom stereocenters. The number of nitrogens with one attached hydrogen (secondary N) is 2. The maximum Gasteiger partial charge on any atom is 0.305 e. The molecule has 1 aromatic carbocycles. The van der Waals surface area contributed by atoms with Gasteiger partial charge in [-0.3, -0.25) is 20.2 Å². The first-order valence-corrected chi connectivity index (χ1v) is 6.88. The first-order chi connectivity index (χ1) is 10.1. The van der Waals surface area contributed by atoms with Gasteiger partial charge in [-0.05, 0) is 23.8 Å². The summed E-state index contributed by atoms with van der Waals surface area (Å²) in [6, 6.07) is 4.54. The van der Waals surface area contributed by atoms with E-state index >= 15 is 0 Å². The quantitative estimate of drug-likeness (QED) is 0.617. The van der Waals surface area contributed by atoms with Crippen LogP contribution in [0.1, 0.15) is 23.7 Å². The first kappa shape index (κ1) is 14.8. The number of nitrogens with zero attached hydrogens (tertiary/aromatic N) is 4. The molecule has 0 radical (unpaired) electrons. The standard InChI is InChI=1S/C11H12N6O3S/c1-2-6-12-8-5-3-4-7(9(8)17(19)20)10(18)13-11-14-15-16-21-11/h3-5,12H,2,6H2,1H3,(H,13,14,16,18). The number of nitro groups is 1. The zero-order chi connectivity index (χ0) is 15.2. The third kappa shape index (κ3) is 3.48. The van der Waals surface area contributed by atoms with Gasteiger partial charge in [-0.25, -0.2) is 0 Å². The van der Waals surface area contributed by atoms with Crippen molar-refractivity contribution in [2.75, 3.05) is 17.2 Å². The second-order valence-corrected chi connectivity index (χ2v) is 4.74. The second-order valence-electron chi connectivity index (χ2n) is 4.01. The number of carbonyl (C=O) groups excluding carboxylic acids is 1. The fourth-order valence-electron chi connectivity index (χ4n) is 1.67. The number of nitro benzene ring substituents is 1. The van der Waals surface area contributed by atoms with E-state index in [9.17, 15) is 14.9 Å². The molecular formula is C11H12N6O3S. The van der Waals surface area contributed by atoms with E-state index in [2.05, 4.69) is 25.4 Å². The maximum atomic E-state index is 12.1. The third-order valence-electron chi connectivity index (χ3n) is 2.55. The molecule has 0 saturated heterocycles. The van der Waals surface area contributed by atoms with E-state index in [4.69, 9.17) is 0 Å². The number of hydrogen-bond donors (Lipinski definition) is 2. The van der Waals surface area contributed by atoms with Crippen LogP contribution in [0, 0.1) is 10.1 Å². The summed E-state index contributed by atoms with van der Waals surface area (Å²) in [6.45, 7) is 2.52. The fourth-order valence-corrected chi connectivity index (χ4v) is 2.03. The molecule has 1 amide bonds. The normalized spacial score (nSPS) is 10.1. The Morgan fingerprint density at radius 3 is 2.90 bits per heavy atom. The highest BCUT2D eigenvalue weighted by molar-refractivity contribution is 7.09. The zero-order valence-corrected chi connectivity index (χ0v) is 11.9. The van der Waals surface area contributed by atoms with Gasteiger partial charge in [0.1, 0.15) is 11.3 Å². The van der Waals surface area contributed by atoms with Crippen molar-refractivity contribution in [2.45, 2.75) is 13.3 Å². The Kier molecular flexibility index (Phi) is 4.72. The molecule has 2 aromatic rings. The summed E-state index contributed by atoms with van der Waals surface area (Å²) in [5.41, 5.74) is 0.00196. The van der Waals surface area contributed by atoms with Crippen molar-refractivity contribution in [3.63, 3.8) is 0 Å². The van der Waals surface area contributed by atoms with E-state index in [-0.39, 0.29) is 16.4 Å². The molecule has 0 aliphatic heterocycles. The lowest BCUT2D eigenvalue weighted by molar-refractivity contribution is -0.384. The topological polar surface area (TPSA) is 123 Å². The van der Waals surface area contributed by atoms with Crippen LogP contribution in [0.25, 0.3) is 0 Å². The van der Waals surface area contributed by atoms with E-state index < -0.39 is 10.8 Å². The molecule has 0 aliphatic carbocycles. The number of anilines is 2. The van der Waals surface area contributed by atoms with Gasteiger partial charge in [0.25, 0.3) is 5.91 Å². The second kappa shape index (κ2) is 6.70. The SMILES string of the molecule is CCCNc1cccc(C(=O)Nc2nnns2)c1[N+](=O)[O-]. The molecule has 0 spiro atoms. The van der Waals surface area contributed by atoms with Crippen molar-refractivity contribution in [1.82, 2.24) is 14.8 Å². The summed E-state index contributed by atoms with van der Waals surface area (Å²) >= 11 is 0.889. The molecule has 110 valence electrons. The average Bonchev–Trinajstić information content (AvgIpc) is 2.97. The van der Waals surface area contributed by atoms with Gasteiger partial charge >= 0.3 is 5.69 Å². The Morgan fingerprint density at radius 1 is 1.48 bits per heavy atom. The van der Waals surface area contributed by atoms with Crippen molar-refractivity contribution in [3.8, 4) is 0 Å². The third-order valence-corrected chi connectivity index (χ3v) is 3.06. The lowest BCUT2D eigenvalue weighted by Gasteiger charge is -2.08. The van der Waals surface area contributed by atoms with Crippen molar-refractivity contribution in [2.24, 2.45) is 0 Å². The lowest BCUT2D eigenvalue weighted by atomic mass is 10.1. The van der Waals surface area contributed by atoms with Gasteiger partial charge in [-0.2, -0.15) is 0 Å². The fraction of sp³-hybridized carbons (Fsp3) is 0.273. The molecular weight excluding hydrogens is 296 g/mol. The molecule has 0 aliphatic rings. The van der Waals surface area contributed by atoms with Crippen LogP contribution >= 0.6 is 11.5 Å². The Bertz CT molecular complexity index is 645. The van der Waals surface area contributed by atoms with Crippen LogP contribution in [0.4, 0.5) is 16.5 Å². The van der Waals surface area contributed by atoms with Gasteiger partial charge < -0.3 is 5.32 Å². The van der Waals surface area contributed by atoms with E-state index in [1.54, 1.807) is 12.1 Å². The minimum atomic E-state index is -0.625. The minimum Gasteiger partial charge on any atom is -0.379 e. The van der Waals surface area contributed by atoms with Gasteiger partial charge in [0, 0.05) is 18.1 Å². The van der Waals surface area contributed by atoms with Crippen LogP contribution < -0.4 is 10.6 Å². The van der Waals surface area contributed by atoms with Crippen LogP contribution in [0.5, 0.6) is 0 Å². The predicted molar refractivity (Wildman–Crippen MR) is 77.5 cm³/mol. The van der Waals surface area contributed by atoms with E-state index in [0.717, 1.165) is 18.0 Å². The highest BCUT2D eigenvalue weighted by Gasteiger charge is 2.24. The molecule has 1 heterocycles. The highest BCUT2D eigenvalue weighted by Crippen LogP contribution is 2.29. The summed E-state index contributed by atoms with van der Waals surface area (Å²) in [6.07, 6.45) is 0.810. The van der Waals surface area contributed by atoms with Crippen LogP contribution in [0.15, 0.2) is 18.2 Å². The Morgan fingerprint density at radius 2 is 2.29 bits per heavy atom. The molecule has 21 heavy (non-hydrogen) atoms. The van der Waals surface area contributed by atoms with Crippen molar-refractivity contribution in [3.05, 3.63) is 33.9 Å². The largest absolute Gasteiger partial charge is 0.379 e. The molecule has 9 nitrogen and oxygen atoms in total. The Balaban J connectivity index is 2.33. The van der Waals surface area contributed by atoms with Crippen LogP contribution in [-0.2, 0) is 0 Å². The van der Waals surface area contributed by atoms with E-state index in [0.29, 0.717) is 12.2 Å². The number of carbonyl (C=O) groups is 1. The maximum absolute atomic E-state index is 12.1. The van der Waals surface area contributed by atoms with Gasteiger partial charge in [0.05, 0.1) is 4.92 Å². The summed E-state index contributed by atoms with van der Waals surface area (Å²) in [5, 5.41) is 23.7. The van der Waals surface area contributed by atoms with Crippen LogP contribution in [-0.4, -0.2) is 32.2 Å². The predicted octanol–water partition coefficient (Wildman–Crippen LogP) is 1.92. The van der Waals surface area contributed by atoms with Crippen molar-refractivity contribution < 1.29 is 9.72 Å². The molecule has 0 fully saturated rings. The Hall–Kier alpha value is -2.62. The van der Waals surface area contributed by atoms with E-state index in [1.807, 2.05) is 6.92 Å². The average molecular weight is 308 g/mol. The molecule has 2 rings (SSSR count). The number of rotatable bonds is 6.